The van der Waals surface area contributed by atoms with Gasteiger partial charge in [0, 0.05) is 15.9 Å². The van der Waals surface area contributed by atoms with Gasteiger partial charge in [0.2, 0.25) is 0 Å². The van der Waals surface area contributed by atoms with Gasteiger partial charge in [0.15, 0.2) is 0 Å². The van der Waals surface area contributed by atoms with Crippen molar-refractivity contribution in [2.75, 3.05) is 0 Å². The molecule has 0 fully saturated rings. The van der Waals surface area contributed by atoms with E-state index < -0.39 is 10.9 Å². The Bertz CT molecular complexity index is 97.6. The maximum Gasteiger partial charge on any atom is 0.460 e. The Morgan fingerprint density at radius 2 is 1.44 bits per heavy atom. The first-order chi connectivity index (χ1) is 3.81. The molecular weight excluding hydrogens is 215 g/mol. The van der Waals surface area contributed by atoms with Crippen molar-refractivity contribution in [2.24, 2.45) is 0 Å². The SMILES string of the molecule is FOC(F)(F)C(F)(F)Br. The number of rotatable bonds is 2. The van der Waals surface area contributed by atoms with Gasteiger partial charge in [-0.05, 0) is 4.53 Å². The van der Waals surface area contributed by atoms with Crippen molar-refractivity contribution in [1.82, 2.24) is 0 Å². The molecule has 0 spiro atoms. The predicted molar refractivity (Wildman–Crippen MR) is 21.0 cm³/mol. The molecular formula is C2BrF5O. The van der Waals surface area contributed by atoms with Crippen molar-refractivity contribution in [3.05, 3.63) is 0 Å². The Morgan fingerprint density at radius 1 is 1.11 bits per heavy atom. The highest BCUT2D eigenvalue weighted by Gasteiger charge is 2.57. The molecule has 56 valence electrons. The van der Waals surface area contributed by atoms with Crippen LogP contribution in [-0.4, -0.2) is 10.9 Å². The first kappa shape index (κ1) is 9.09. The van der Waals surface area contributed by atoms with Crippen LogP contribution in [0.1, 0.15) is 0 Å². The summed E-state index contributed by atoms with van der Waals surface area (Å²) < 4.78 is 55.6. The average molecular weight is 215 g/mol. The van der Waals surface area contributed by atoms with E-state index in [1.807, 2.05) is 0 Å². The molecule has 0 saturated carbocycles. The lowest BCUT2D eigenvalue weighted by molar-refractivity contribution is -0.399. The summed E-state index contributed by atoms with van der Waals surface area (Å²) in [6, 6.07) is 0. The second-order valence-corrected chi connectivity index (χ2v) is 2.09. The number of alkyl halides is 5. The van der Waals surface area contributed by atoms with E-state index in [9.17, 15) is 22.1 Å². The van der Waals surface area contributed by atoms with Crippen molar-refractivity contribution in [2.45, 2.75) is 10.9 Å². The molecule has 0 aliphatic rings. The van der Waals surface area contributed by atoms with Gasteiger partial charge >= 0.3 is 10.9 Å². The monoisotopic (exact) mass is 214 g/mol. The van der Waals surface area contributed by atoms with Crippen LogP contribution in [0.25, 0.3) is 0 Å². The summed E-state index contributed by atoms with van der Waals surface area (Å²) in [7, 11) is 0. The highest BCUT2D eigenvalue weighted by atomic mass is 79.9. The molecule has 0 aromatic rings. The summed E-state index contributed by atoms with van der Waals surface area (Å²) >= 11 is 1.21. The number of halogens is 6. The smallest absolute Gasteiger partial charge is 0.183 e. The zero-order valence-electron chi connectivity index (χ0n) is 3.68. The molecule has 0 unspecified atom stereocenters. The molecule has 0 aromatic carbocycles. The normalized spacial score (nSPS) is 14.0. The lowest BCUT2D eigenvalue weighted by atomic mass is 10.7. The summed E-state index contributed by atoms with van der Waals surface area (Å²) in [5, 5.41) is 0. The standard InChI is InChI=1S/C2BrF5O/c3-1(4,5)2(6,7)9-8. The molecule has 0 aliphatic heterocycles. The third-order valence-electron chi connectivity index (χ3n) is 0.427. The molecule has 0 bridgehead atoms. The lowest BCUT2D eigenvalue weighted by Crippen LogP contribution is -2.35. The summed E-state index contributed by atoms with van der Waals surface area (Å²) in [6.07, 6.45) is -5.10. The Labute approximate surface area is 54.8 Å². The van der Waals surface area contributed by atoms with Gasteiger partial charge in [0.05, 0.1) is 0 Å². The number of hydrogen-bond donors (Lipinski definition) is 0. The highest BCUT2D eigenvalue weighted by Crippen LogP contribution is 2.40. The summed E-state index contributed by atoms with van der Waals surface area (Å²) in [5.74, 6) is 0. The summed E-state index contributed by atoms with van der Waals surface area (Å²) in [4.78, 5) is -3.00. The van der Waals surface area contributed by atoms with Gasteiger partial charge in [-0.3, -0.25) is 0 Å². The maximum absolute atomic E-state index is 11.3. The molecule has 1 nitrogen and oxygen atoms in total. The topological polar surface area (TPSA) is 9.23 Å². The van der Waals surface area contributed by atoms with Crippen LogP contribution in [0, 0.1) is 0 Å². The van der Waals surface area contributed by atoms with Crippen LogP contribution in [0.2, 0.25) is 0 Å². The molecule has 0 saturated heterocycles. The molecule has 0 rings (SSSR count). The van der Waals surface area contributed by atoms with Gasteiger partial charge in [0.1, 0.15) is 0 Å². The van der Waals surface area contributed by atoms with Crippen molar-refractivity contribution in [3.63, 3.8) is 0 Å². The molecule has 0 N–H and O–H groups in total. The van der Waals surface area contributed by atoms with E-state index in [1.165, 1.54) is 15.9 Å². The first-order valence-corrected chi connectivity index (χ1v) is 2.35. The minimum Gasteiger partial charge on any atom is -0.183 e. The molecule has 9 heavy (non-hydrogen) atoms. The third kappa shape index (κ3) is 2.05. The fraction of sp³-hybridized carbons (Fsp3) is 1.00. The highest BCUT2D eigenvalue weighted by molar-refractivity contribution is 9.10. The second-order valence-electron chi connectivity index (χ2n) is 1.09. The molecule has 0 aliphatic carbocycles. The molecule has 0 amide bonds. The first-order valence-electron chi connectivity index (χ1n) is 1.55. The maximum atomic E-state index is 11.3. The Hall–Kier alpha value is 0.0900. The van der Waals surface area contributed by atoms with E-state index in [1.54, 1.807) is 4.94 Å². The lowest BCUT2D eigenvalue weighted by Gasteiger charge is -2.14. The van der Waals surface area contributed by atoms with Gasteiger partial charge in [-0.25, -0.2) is 0 Å². The van der Waals surface area contributed by atoms with Crippen LogP contribution < -0.4 is 0 Å². The van der Waals surface area contributed by atoms with Crippen LogP contribution in [0.5, 0.6) is 0 Å². The molecule has 7 heteroatoms. The van der Waals surface area contributed by atoms with Crippen molar-refractivity contribution in [3.8, 4) is 0 Å². The summed E-state index contributed by atoms with van der Waals surface area (Å²) in [6.45, 7) is 0. The minimum absolute atomic E-state index is 1.21. The largest absolute Gasteiger partial charge is 0.460 e. The van der Waals surface area contributed by atoms with Crippen molar-refractivity contribution < 1.29 is 27.0 Å². The number of hydrogen-bond acceptors (Lipinski definition) is 1. The van der Waals surface area contributed by atoms with E-state index in [0.29, 0.717) is 0 Å². The Kier molecular flexibility index (Phi) is 2.40. The molecule has 0 radical (unpaired) electrons. The van der Waals surface area contributed by atoms with Crippen LogP contribution in [-0.2, 0) is 4.94 Å². The van der Waals surface area contributed by atoms with Gasteiger partial charge in [-0.15, -0.1) is 4.94 Å². The zero-order chi connectivity index (χ0) is 7.71. The van der Waals surface area contributed by atoms with Crippen LogP contribution in [0.3, 0.4) is 0 Å². The van der Waals surface area contributed by atoms with Gasteiger partial charge in [0.25, 0.3) is 0 Å². The van der Waals surface area contributed by atoms with E-state index in [-0.39, 0.29) is 0 Å². The van der Waals surface area contributed by atoms with E-state index in [4.69, 9.17) is 0 Å². The molecule has 0 atom stereocenters. The average Bonchev–Trinajstić information content (AvgIpc) is 1.64. The predicted octanol–water partition coefficient (Wildman–Crippen LogP) is 2.47. The van der Waals surface area contributed by atoms with Gasteiger partial charge in [-0.2, -0.15) is 17.6 Å². The Balaban J connectivity index is 4.14. The van der Waals surface area contributed by atoms with E-state index in [2.05, 4.69) is 0 Å². The van der Waals surface area contributed by atoms with Crippen molar-refractivity contribution >= 4 is 15.9 Å². The van der Waals surface area contributed by atoms with Gasteiger partial charge < -0.3 is 0 Å². The van der Waals surface area contributed by atoms with E-state index in [0.717, 1.165) is 0 Å². The van der Waals surface area contributed by atoms with Gasteiger partial charge in [-0.1, -0.05) is 0 Å². The van der Waals surface area contributed by atoms with Crippen LogP contribution >= 0.6 is 15.9 Å². The second kappa shape index (κ2) is 2.37. The fourth-order valence-electron chi connectivity index (χ4n) is 0.0437. The quantitative estimate of drug-likeness (QED) is 0.507. The zero-order valence-corrected chi connectivity index (χ0v) is 5.26. The molecule has 0 heterocycles. The van der Waals surface area contributed by atoms with Crippen LogP contribution in [0.15, 0.2) is 0 Å². The molecule has 0 aromatic heterocycles. The van der Waals surface area contributed by atoms with Crippen molar-refractivity contribution in [1.29, 1.82) is 0 Å². The minimum atomic E-state index is -5.10. The Morgan fingerprint density at radius 3 is 1.44 bits per heavy atom. The fourth-order valence-corrected chi connectivity index (χ4v) is 0.105. The van der Waals surface area contributed by atoms with E-state index >= 15 is 0 Å². The van der Waals surface area contributed by atoms with Crippen LogP contribution in [0.4, 0.5) is 22.1 Å². The third-order valence-corrected chi connectivity index (χ3v) is 0.889. The summed E-state index contributed by atoms with van der Waals surface area (Å²) in [5.41, 5.74) is 0.